The van der Waals surface area contributed by atoms with E-state index in [0.717, 1.165) is 5.56 Å². The molecule has 35 heavy (non-hydrogen) atoms. The fraction of sp³-hybridized carbons (Fsp3) is 0.231. The van der Waals surface area contributed by atoms with Gasteiger partial charge in [0.25, 0.3) is 5.91 Å². The Balaban J connectivity index is 1.66. The van der Waals surface area contributed by atoms with E-state index in [0.29, 0.717) is 45.8 Å². The topological polar surface area (TPSA) is 96.4 Å². The quantitative estimate of drug-likeness (QED) is 0.320. The zero-order valence-electron chi connectivity index (χ0n) is 19.9. The van der Waals surface area contributed by atoms with Crippen LogP contribution in [0.3, 0.4) is 0 Å². The molecule has 0 atom stereocenters. The van der Waals surface area contributed by atoms with Gasteiger partial charge >= 0.3 is 0 Å². The van der Waals surface area contributed by atoms with Crippen LogP contribution in [-0.4, -0.2) is 44.4 Å². The molecule has 182 valence electrons. The Labute approximate surface area is 202 Å². The molecule has 1 amide bonds. The molecule has 2 aromatic heterocycles. The molecule has 0 unspecified atom stereocenters. The zero-order chi connectivity index (χ0) is 24.8. The summed E-state index contributed by atoms with van der Waals surface area (Å²) < 4.78 is 32.7. The summed E-state index contributed by atoms with van der Waals surface area (Å²) in [5.74, 6) is 2.72. The lowest BCUT2D eigenvalue weighted by atomic mass is 10.1. The summed E-state index contributed by atoms with van der Waals surface area (Å²) in [7, 11) is 6.11. The van der Waals surface area contributed by atoms with Crippen molar-refractivity contribution in [2.75, 3.05) is 28.4 Å². The van der Waals surface area contributed by atoms with Crippen LogP contribution in [0.5, 0.6) is 23.0 Å². The Kier molecular flexibility index (Phi) is 7.25. The normalized spacial score (nSPS) is 10.6. The molecule has 2 aromatic carbocycles. The fourth-order valence-electron chi connectivity index (χ4n) is 3.73. The van der Waals surface area contributed by atoms with E-state index >= 15 is 0 Å². The maximum absolute atomic E-state index is 13.6. The number of para-hydroxylation sites is 1. The van der Waals surface area contributed by atoms with E-state index in [1.807, 2.05) is 24.3 Å². The van der Waals surface area contributed by atoms with Crippen molar-refractivity contribution < 1.29 is 32.7 Å². The second-order valence-electron chi connectivity index (χ2n) is 7.54. The van der Waals surface area contributed by atoms with Gasteiger partial charge in [0, 0.05) is 11.6 Å². The highest BCUT2D eigenvalue weighted by Crippen LogP contribution is 2.38. The molecule has 0 spiro atoms. The number of nitrogens with zero attached hydrogens (tertiary/aromatic N) is 2. The van der Waals surface area contributed by atoms with Crippen LogP contribution >= 0.6 is 0 Å². The average Bonchev–Trinajstić information content (AvgIpc) is 3.59. The lowest BCUT2D eigenvalue weighted by Crippen LogP contribution is -2.30. The third-order valence-electron chi connectivity index (χ3n) is 5.41. The van der Waals surface area contributed by atoms with Crippen LogP contribution in [-0.2, 0) is 13.1 Å². The van der Waals surface area contributed by atoms with Gasteiger partial charge in [0.15, 0.2) is 17.3 Å². The number of benzene rings is 2. The minimum Gasteiger partial charge on any atom is -0.496 e. The SMILES string of the molecule is COc1ccccc1-c1cc(CN(Cc2ccco2)C(=O)c2cc(OC)c(OC)c(OC)c2)no1. The van der Waals surface area contributed by atoms with Crippen LogP contribution in [0.1, 0.15) is 21.8 Å². The minimum atomic E-state index is -0.275. The molecule has 0 aliphatic rings. The second-order valence-corrected chi connectivity index (χ2v) is 7.54. The van der Waals surface area contributed by atoms with Gasteiger partial charge in [-0.1, -0.05) is 17.3 Å². The van der Waals surface area contributed by atoms with E-state index in [4.69, 9.17) is 27.9 Å². The smallest absolute Gasteiger partial charge is 0.254 e. The summed E-state index contributed by atoms with van der Waals surface area (Å²) in [4.78, 5) is 15.2. The third-order valence-corrected chi connectivity index (χ3v) is 5.41. The maximum Gasteiger partial charge on any atom is 0.254 e. The van der Waals surface area contributed by atoms with E-state index in [1.54, 1.807) is 48.6 Å². The summed E-state index contributed by atoms with van der Waals surface area (Å²) in [6.45, 7) is 0.397. The number of hydrogen-bond donors (Lipinski definition) is 0. The van der Waals surface area contributed by atoms with Crippen LogP contribution < -0.4 is 18.9 Å². The van der Waals surface area contributed by atoms with E-state index in [2.05, 4.69) is 5.16 Å². The molecule has 0 aliphatic carbocycles. The van der Waals surface area contributed by atoms with Crippen LogP contribution in [0.25, 0.3) is 11.3 Å². The Bertz CT molecular complexity index is 1260. The van der Waals surface area contributed by atoms with Gasteiger partial charge in [-0.25, -0.2) is 0 Å². The number of hydrogen-bond acceptors (Lipinski definition) is 8. The van der Waals surface area contributed by atoms with E-state index < -0.39 is 0 Å². The van der Waals surface area contributed by atoms with Crippen molar-refractivity contribution in [2.24, 2.45) is 0 Å². The Hall–Kier alpha value is -4.40. The Morgan fingerprint density at radius 3 is 2.20 bits per heavy atom. The summed E-state index contributed by atoms with van der Waals surface area (Å²) in [5, 5.41) is 4.18. The lowest BCUT2D eigenvalue weighted by molar-refractivity contribution is 0.0713. The van der Waals surface area contributed by atoms with Gasteiger partial charge in [0.2, 0.25) is 5.75 Å². The van der Waals surface area contributed by atoms with Gasteiger partial charge in [-0.3, -0.25) is 4.79 Å². The van der Waals surface area contributed by atoms with Crippen LogP contribution in [0, 0.1) is 0 Å². The number of methoxy groups -OCH3 is 4. The van der Waals surface area contributed by atoms with Gasteiger partial charge < -0.3 is 32.8 Å². The van der Waals surface area contributed by atoms with Crippen LogP contribution in [0.4, 0.5) is 0 Å². The summed E-state index contributed by atoms with van der Waals surface area (Å²) in [5.41, 5.74) is 1.69. The Morgan fingerprint density at radius 2 is 1.57 bits per heavy atom. The first kappa shape index (κ1) is 23.7. The number of amides is 1. The van der Waals surface area contributed by atoms with Crippen molar-refractivity contribution in [1.82, 2.24) is 10.1 Å². The summed E-state index contributed by atoms with van der Waals surface area (Å²) >= 11 is 0. The first-order chi connectivity index (χ1) is 17.1. The van der Waals surface area contributed by atoms with Crippen molar-refractivity contribution in [3.05, 3.63) is 77.9 Å². The van der Waals surface area contributed by atoms with Gasteiger partial charge in [-0.05, 0) is 36.4 Å². The molecule has 0 N–H and O–H groups in total. The molecule has 2 heterocycles. The molecule has 0 bridgehead atoms. The number of furan rings is 1. The lowest BCUT2D eigenvalue weighted by Gasteiger charge is -2.22. The molecular weight excluding hydrogens is 452 g/mol. The second kappa shape index (κ2) is 10.7. The van der Waals surface area contributed by atoms with Gasteiger partial charge in [0.1, 0.15) is 17.2 Å². The predicted molar refractivity (Wildman–Crippen MR) is 127 cm³/mol. The molecular formula is C26H26N2O7. The molecule has 9 heteroatoms. The molecule has 0 saturated heterocycles. The largest absolute Gasteiger partial charge is 0.496 e. The molecule has 0 aliphatic heterocycles. The number of rotatable bonds is 10. The standard InChI is InChI=1S/C26H26N2O7/c1-30-21-10-6-5-9-20(21)22-14-18(27-35-22)15-28(16-19-8-7-11-34-19)26(29)17-12-23(31-2)25(33-4)24(13-17)32-3/h5-14H,15-16H2,1-4H3. The molecule has 4 aromatic rings. The number of ether oxygens (including phenoxy) is 4. The first-order valence-corrected chi connectivity index (χ1v) is 10.8. The first-order valence-electron chi connectivity index (χ1n) is 10.8. The number of carbonyl (C=O) groups is 1. The van der Waals surface area contributed by atoms with E-state index in [9.17, 15) is 4.79 Å². The summed E-state index contributed by atoms with van der Waals surface area (Å²) in [6, 6.07) is 16.1. The van der Waals surface area contributed by atoms with Gasteiger partial charge in [0.05, 0.1) is 53.4 Å². The number of carbonyl (C=O) groups excluding carboxylic acids is 1. The van der Waals surface area contributed by atoms with Crippen molar-refractivity contribution in [2.45, 2.75) is 13.1 Å². The van der Waals surface area contributed by atoms with Crippen molar-refractivity contribution in [3.63, 3.8) is 0 Å². The monoisotopic (exact) mass is 478 g/mol. The van der Waals surface area contributed by atoms with E-state index in [1.165, 1.54) is 21.3 Å². The summed E-state index contributed by atoms with van der Waals surface area (Å²) in [6.07, 6.45) is 1.56. The molecule has 4 rings (SSSR count). The maximum atomic E-state index is 13.6. The highest BCUT2D eigenvalue weighted by Gasteiger charge is 2.24. The van der Waals surface area contributed by atoms with Crippen molar-refractivity contribution in [3.8, 4) is 34.3 Å². The zero-order valence-corrected chi connectivity index (χ0v) is 19.9. The Morgan fingerprint density at radius 1 is 0.857 bits per heavy atom. The van der Waals surface area contributed by atoms with Gasteiger partial charge in [-0.2, -0.15) is 0 Å². The van der Waals surface area contributed by atoms with Crippen LogP contribution in [0.15, 0.2) is 69.8 Å². The molecule has 0 fully saturated rings. The average molecular weight is 479 g/mol. The van der Waals surface area contributed by atoms with E-state index in [-0.39, 0.29) is 19.0 Å². The highest BCUT2D eigenvalue weighted by molar-refractivity contribution is 5.95. The predicted octanol–water partition coefficient (Wildman–Crippen LogP) is 4.81. The fourth-order valence-corrected chi connectivity index (χ4v) is 3.73. The minimum absolute atomic E-state index is 0.175. The van der Waals surface area contributed by atoms with Crippen molar-refractivity contribution in [1.29, 1.82) is 0 Å². The van der Waals surface area contributed by atoms with Crippen molar-refractivity contribution >= 4 is 5.91 Å². The number of aromatic nitrogens is 1. The third kappa shape index (κ3) is 5.08. The van der Waals surface area contributed by atoms with Crippen LogP contribution in [0.2, 0.25) is 0 Å². The molecule has 0 radical (unpaired) electrons. The molecule has 0 saturated carbocycles. The van der Waals surface area contributed by atoms with Gasteiger partial charge in [-0.15, -0.1) is 0 Å². The molecule has 9 nitrogen and oxygen atoms in total. The highest BCUT2D eigenvalue weighted by atomic mass is 16.5.